The highest BCUT2D eigenvalue weighted by atomic mass is 32.2. The first kappa shape index (κ1) is 15.1. The molecular weight excluding hydrogens is 272 g/mol. The Morgan fingerprint density at radius 3 is 2.72 bits per heavy atom. The van der Waals surface area contributed by atoms with Crippen LogP contribution in [0, 0.1) is 0 Å². The normalized spacial score (nSPS) is 13.3. The zero-order valence-corrected chi connectivity index (χ0v) is 12.3. The molecule has 1 aromatic rings. The van der Waals surface area contributed by atoms with Gasteiger partial charge in [0.15, 0.2) is 0 Å². The fraction of sp³-hybridized carbons (Fsp3) is 0.455. The average molecular weight is 290 g/mol. The summed E-state index contributed by atoms with van der Waals surface area (Å²) in [5.41, 5.74) is 6.00. The Hall–Kier alpha value is -0.920. The molecule has 0 saturated carbocycles. The lowest BCUT2D eigenvalue weighted by molar-refractivity contribution is 0.402. The lowest BCUT2D eigenvalue weighted by Gasteiger charge is -2.15. The first-order valence-electron chi connectivity index (χ1n) is 5.35. The number of ether oxygens (including phenoxy) is 1. The van der Waals surface area contributed by atoms with Crippen LogP contribution in [0.4, 0.5) is 5.69 Å². The molecular formula is C11H18N2O3S2. The van der Waals surface area contributed by atoms with Gasteiger partial charge in [-0.3, -0.25) is 0 Å². The van der Waals surface area contributed by atoms with Crippen molar-refractivity contribution in [3.05, 3.63) is 18.2 Å². The van der Waals surface area contributed by atoms with E-state index in [0.717, 1.165) is 0 Å². The predicted molar refractivity (Wildman–Crippen MR) is 75.6 cm³/mol. The molecule has 0 amide bonds. The van der Waals surface area contributed by atoms with Crippen LogP contribution in [0.3, 0.4) is 0 Å². The number of nitrogen functional groups attached to an aromatic ring is 1. The number of nitrogens with two attached hydrogens (primary N) is 1. The van der Waals surface area contributed by atoms with Crippen molar-refractivity contribution in [2.45, 2.75) is 17.9 Å². The van der Waals surface area contributed by atoms with E-state index >= 15 is 0 Å². The smallest absolute Gasteiger partial charge is 0.244 e. The van der Waals surface area contributed by atoms with Crippen LogP contribution in [0.25, 0.3) is 0 Å². The zero-order valence-electron chi connectivity index (χ0n) is 10.6. The zero-order chi connectivity index (χ0) is 13.8. The Labute approximate surface area is 112 Å². The quantitative estimate of drug-likeness (QED) is 0.772. The highest BCUT2D eigenvalue weighted by Crippen LogP contribution is 2.25. The number of anilines is 1. The van der Waals surface area contributed by atoms with Crippen molar-refractivity contribution in [3.8, 4) is 5.75 Å². The molecule has 0 spiro atoms. The molecule has 0 aliphatic rings. The van der Waals surface area contributed by atoms with Crippen molar-refractivity contribution in [2.24, 2.45) is 0 Å². The molecule has 0 bridgehead atoms. The van der Waals surface area contributed by atoms with Gasteiger partial charge >= 0.3 is 0 Å². The van der Waals surface area contributed by atoms with Gasteiger partial charge in [-0.25, -0.2) is 13.1 Å². The van der Waals surface area contributed by atoms with Gasteiger partial charge in [-0.1, -0.05) is 0 Å². The number of hydrogen-bond donors (Lipinski definition) is 2. The molecule has 18 heavy (non-hydrogen) atoms. The number of benzene rings is 1. The van der Waals surface area contributed by atoms with E-state index in [4.69, 9.17) is 10.5 Å². The van der Waals surface area contributed by atoms with Crippen molar-refractivity contribution in [1.29, 1.82) is 0 Å². The summed E-state index contributed by atoms with van der Waals surface area (Å²) >= 11 is 1.58. The molecule has 102 valence electrons. The molecule has 1 unspecified atom stereocenters. The van der Waals surface area contributed by atoms with Gasteiger partial charge < -0.3 is 10.5 Å². The van der Waals surface area contributed by atoms with Gasteiger partial charge in [0.2, 0.25) is 10.0 Å². The first-order chi connectivity index (χ1) is 8.40. The molecule has 0 fully saturated rings. The van der Waals surface area contributed by atoms with Crippen molar-refractivity contribution >= 4 is 27.5 Å². The van der Waals surface area contributed by atoms with Gasteiger partial charge in [-0.15, -0.1) is 0 Å². The minimum Gasteiger partial charge on any atom is -0.495 e. The first-order valence-corrected chi connectivity index (χ1v) is 8.23. The van der Waals surface area contributed by atoms with E-state index in [1.165, 1.54) is 13.2 Å². The Morgan fingerprint density at radius 2 is 2.17 bits per heavy atom. The number of thioether (sulfide) groups is 1. The number of methoxy groups -OCH3 is 1. The molecule has 0 aliphatic heterocycles. The highest BCUT2D eigenvalue weighted by Gasteiger charge is 2.21. The molecule has 0 aliphatic carbocycles. The van der Waals surface area contributed by atoms with E-state index in [9.17, 15) is 8.42 Å². The summed E-state index contributed by atoms with van der Waals surface area (Å²) in [7, 11) is -2.19. The summed E-state index contributed by atoms with van der Waals surface area (Å²) < 4.78 is 32.0. The molecule has 0 saturated heterocycles. The van der Waals surface area contributed by atoms with E-state index < -0.39 is 10.0 Å². The van der Waals surface area contributed by atoms with Crippen LogP contribution in [0.1, 0.15) is 6.92 Å². The maximum absolute atomic E-state index is 12.2. The van der Waals surface area contributed by atoms with E-state index in [0.29, 0.717) is 11.4 Å². The molecule has 5 nitrogen and oxygen atoms in total. The van der Waals surface area contributed by atoms with Gasteiger partial charge in [0.05, 0.1) is 7.11 Å². The molecule has 7 heteroatoms. The summed E-state index contributed by atoms with van der Waals surface area (Å²) in [6.45, 7) is 1.81. The van der Waals surface area contributed by atoms with E-state index in [2.05, 4.69) is 4.72 Å². The Morgan fingerprint density at radius 1 is 1.50 bits per heavy atom. The third-order valence-electron chi connectivity index (χ3n) is 2.25. The Bertz CT molecular complexity index is 503. The van der Waals surface area contributed by atoms with Crippen LogP contribution in [-0.4, -0.2) is 33.6 Å². The molecule has 3 N–H and O–H groups in total. The summed E-state index contributed by atoms with van der Waals surface area (Å²) in [5.74, 6) is 0.984. The van der Waals surface area contributed by atoms with Gasteiger partial charge in [0.25, 0.3) is 0 Å². The fourth-order valence-corrected chi connectivity index (χ4v) is 3.65. The van der Waals surface area contributed by atoms with Gasteiger partial charge in [-0.05, 0) is 31.4 Å². The summed E-state index contributed by atoms with van der Waals surface area (Å²) in [6.07, 6.45) is 1.92. The third-order valence-corrected chi connectivity index (χ3v) is 4.69. The minimum atomic E-state index is -3.62. The predicted octanol–water partition coefficient (Wildman–Crippen LogP) is 1.31. The maximum atomic E-state index is 12.2. The van der Waals surface area contributed by atoms with E-state index in [1.807, 2.05) is 13.2 Å². The monoisotopic (exact) mass is 290 g/mol. The minimum absolute atomic E-state index is 0.0675. The lowest BCUT2D eigenvalue weighted by atomic mass is 10.3. The van der Waals surface area contributed by atoms with Crippen molar-refractivity contribution in [1.82, 2.24) is 4.72 Å². The topological polar surface area (TPSA) is 81.4 Å². The summed E-state index contributed by atoms with van der Waals surface area (Å²) in [4.78, 5) is 0.0675. The summed E-state index contributed by atoms with van der Waals surface area (Å²) in [6, 6.07) is 4.38. The van der Waals surface area contributed by atoms with Crippen LogP contribution in [0.5, 0.6) is 5.75 Å². The van der Waals surface area contributed by atoms with Crippen LogP contribution in [0.2, 0.25) is 0 Å². The molecule has 1 aromatic carbocycles. The van der Waals surface area contributed by atoms with Crippen molar-refractivity contribution in [3.63, 3.8) is 0 Å². The van der Waals surface area contributed by atoms with Gasteiger partial charge in [-0.2, -0.15) is 11.8 Å². The number of hydrogen-bond acceptors (Lipinski definition) is 5. The molecule has 0 aromatic heterocycles. The van der Waals surface area contributed by atoms with E-state index in [-0.39, 0.29) is 16.7 Å². The van der Waals surface area contributed by atoms with Crippen LogP contribution in [-0.2, 0) is 10.0 Å². The molecule has 1 atom stereocenters. The second kappa shape index (κ2) is 6.31. The average Bonchev–Trinajstić information content (AvgIpc) is 2.28. The van der Waals surface area contributed by atoms with Crippen molar-refractivity contribution in [2.75, 3.05) is 24.9 Å². The highest BCUT2D eigenvalue weighted by molar-refractivity contribution is 7.98. The SMILES string of the molecule is COc1ccc(N)cc1S(=O)(=O)NC(C)CSC. The lowest BCUT2D eigenvalue weighted by Crippen LogP contribution is -2.34. The molecule has 0 heterocycles. The maximum Gasteiger partial charge on any atom is 0.244 e. The van der Waals surface area contributed by atoms with Gasteiger partial charge in [0.1, 0.15) is 10.6 Å². The van der Waals surface area contributed by atoms with Crippen LogP contribution < -0.4 is 15.2 Å². The Balaban J connectivity index is 3.07. The van der Waals surface area contributed by atoms with E-state index in [1.54, 1.807) is 23.9 Å². The molecule has 1 rings (SSSR count). The van der Waals surface area contributed by atoms with Crippen LogP contribution >= 0.6 is 11.8 Å². The Kier molecular flexibility index (Phi) is 5.30. The standard InChI is InChI=1S/C11H18N2O3S2/c1-8(7-17-3)13-18(14,15)11-6-9(12)4-5-10(11)16-2/h4-6,8,13H,7,12H2,1-3H3. The fourth-order valence-electron chi connectivity index (χ4n) is 1.52. The third kappa shape index (κ3) is 3.79. The molecule has 0 radical (unpaired) electrons. The van der Waals surface area contributed by atoms with Crippen LogP contribution in [0.15, 0.2) is 23.1 Å². The number of sulfonamides is 1. The van der Waals surface area contributed by atoms with Crippen molar-refractivity contribution < 1.29 is 13.2 Å². The second-order valence-electron chi connectivity index (χ2n) is 3.89. The largest absolute Gasteiger partial charge is 0.495 e. The number of rotatable bonds is 6. The number of nitrogens with one attached hydrogen (secondary N) is 1. The summed E-state index contributed by atoms with van der Waals surface area (Å²) in [5, 5.41) is 0. The van der Waals surface area contributed by atoms with Gasteiger partial charge in [0, 0.05) is 17.5 Å². The second-order valence-corrected chi connectivity index (χ2v) is 6.48.